The summed E-state index contributed by atoms with van der Waals surface area (Å²) in [5.41, 5.74) is 0.859. The van der Waals surface area contributed by atoms with E-state index in [-0.39, 0.29) is 18.5 Å². The number of amides is 2. The number of nitrogens with one attached hydrogen (secondary N) is 1. The lowest BCUT2D eigenvalue weighted by molar-refractivity contribution is 0.0522. The van der Waals surface area contributed by atoms with E-state index in [9.17, 15) is 14.7 Å². The van der Waals surface area contributed by atoms with Crippen molar-refractivity contribution < 1.29 is 19.4 Å². The molecule has 1 aliphatic carbocycles. The Morgan fingerprint density at radius 2 is 1.81 bits per heavy atom. The van der Waals surface area contributed by atoms with E-state index in [0.717, 1.165) is 16.9 Å². The summed E-state index contributed by atoms with van der Waals surface area (Å²) >= 11 is 17.1. The Hall–Kier alpha value is -1.37. The Morgan fingerprint density at radius 1 is 1.23 bits per heavy atom. The molecular weight excluding hydrogens is 403 g/mol. The van der Waals surface area contributed by atoms with Crippen molar-refractivity contribution in [3.63, 3.8) is 0 Å². The maximum Gasteiger partial charge on any atom is 0.411 e. The Balaban J connectivity index is 1.98. The molecule has 0 radical (unpaired) electrons. The van der Waals surface area contributed by atoms with Crippen molar-refractivity contribution in [2.75, 3.05) is 11.4 Å². The lowest BCUT2D eigenvalue weighted by atomic mass is 10.1. The zero-order valence-electron chi connectivity index (χ0n) is 14.6. The molecule has 2 amide bonds. The highest BCUT2D eigenvalue weighted by Gasteiger charge is 2.40. The minimum absolute atomic E-state index is 0.00690. The fourth-order valence-electron chi connectivity index (χ4n) is 2.53. The average Bonchev–Trinajstić information content (AvgIpc) is 3.20. The smallest absolute Gasteiger partial charge is 0.411 e. The van der Waals surface area contributed by atoms with Gasteiger partial charge in [-0.25, -0.2) is 9.59 Å². The van der Waals surface area contributed by atoms with E-state index in [2.05, 4.69) is 5.32 Å². The van der Waals surface area contributed by atoms with Crippen LogP contribution in [0.15, 0.2) is 24.3 Å². The summed E-state index contributed by atoms with van der Waals surface area (Å²) in [6.07, 6.45) is -0.851. The third-order valence-electron chi connectivity index (χ3n) is 3.69. The van der Waals surface area contributed by atoms with E-state index in [4.69, 9.17) is 39.5 Å². The number of nitrogens with zero attached hydrogens (tertiary/aromatic N) is 1. The Kier molecular flexibility index (Phi) is 6.20. The van der Waals surface area contributed by atoms with E-state index in [1.807, 2.05) is 12.1 Å². The third-order valence-corrected chi connectivity index (χ3v) is 4.05. The predicted octanol–water partition coefficient (Wildman–Crippen LogP) is 4.92. The second kappa shape index (κ2) is 7.71. The molecule has 2 rings (SSSR count). The molecule has 144 valence electrons. The number of carbonyl (C=O) groups is 2. The molecule has 2 N–H and O–H groups in total. The lowest BCUT2D eigenvalue weighted by Gasteiger charge is -2.23. The first-order valence-corrected chi connectivity index (χ1v) is 9.16. The van der Waals surface area contributed by atoms with Gasteiger partial charge in [0.1, 0.15) is 5.60 Å². The number of alkyl carbamates (subject to hydrolysis) is 1. The Morgan fingerprint density at radius 3 is 2.27 bits per heavy atom. The quantitative estimate of drug-likeness (QED) is 0.674. The number of carboxylic acid groups (broad SMARTS) is 1. The zero-order chi connectivity index (χ0) is 19.7. The van der Waals surface area contributed by atoms with E-state index in [0.29, 0.717) is 5.69 Å². The predicted molar refractivity (Wildman–Crippen MR) is 103 cm³/mol. The highest BCUT2D eigenvalue weighted by molar-refractivity contribution is 6.68. The topological polar surface area (TPSA) is 78.9 Å². The fraction of sp³-hybridized carbons (Fsp3) is 0.529. The molecule has 2 unspecified atom stereocenters. The standard InChI is InChI=1S/C17H21Cl3N2O4/c1-16(2,3)26-14(23)21-13-8-12(13)10-4-6-11(7-5-10)22(15(24)25)9-17(18,19)20/h4-7,12-13H,8-9H2,1-3H3,(H,21,23)(H,24,25). The van der Waals surface area contributed by atoms with Gasteiger partial charge in [-0.3, -0.25) is 4.90 Å². The van der Waals surface area contributed by atoms with Crippen LogP contribution < -0.4 is 10.2 Å². The Bertz CT molecular complexity index is 668. The molecule has 6 nitrogen and oxygen atoms in total. The maximum atomic E-state index is 11.8. The van der Waals surface area contributed by atoms with Crippen molar-refractivity contribution in [3.8, 4) is 0 Å². The van der Waals surface area contributed by atoms with Crippen LogP contribution in [-0.2, 0) is 4.74 Å². The summed E-state index contributed by atoms with van der Waals surface area (Å²) < 4.78 is 3.52. The van der Waals surface area contributed by atoms with Crippen LogP contribution in [0.1, 0.15) is 38.7 Å². The largest absolute Gasteiger partial charge is 0.465 e. The monoisotopic (exact) mass is 422 g/mol. The van der Waals surface area contributed by atoms with E-state index in [1.54, 1.807) is 32.9 Å². The number of benzene rings is 1. The van der Waals surface area contributed by atoms with Crippen LogP contribution in [0.2, 0.25) is 0 Å². The summed E-state index contributed by atoms with van der Waals surface area (Å²) in [6, 6.07) is 6.94. The van der Waals surface area contributed by atoms with Crippen LogP contribution in [-0.4, -0.2) is 39.3 Å². The highest BCUT2D eigenvalue weighted by atomic mass is 35.6. The van der Waals surface area contributed by atoms with Crippen molar-refractivity contribution in [1.82, 2.24) is 5.32 Å². The van der Waals surface area contributed by atoms with Crippen molar-refractivity contribution in [1.29, 1.82) is 0 Å². The van der Waals surface area contributed by atoms with Gasteiger partial charge in [0.15, 0.2) is 0 Å². The molecule has 1 aliphatic rings. The first-order chi connectivity index (χ1) is 11.9. The van der Waals surface area contributed by atoms with Gasteiger partial charge in [-0.05, 0) is 44.9 Å². The van der Waals surface area contributed by atoms with E-state index >= 15 is 0 Å². The molecule has 2 atom stereocenters. The molecule has 26 heavy (non-hydrogen) atoms. The molecule has 9 heteroatoms. The maximum absolute atomic E-state index is 11.8. The van der Waals surface area contributed by atoms with E-state index < -0.39 is 21.6 Å². The molecule has 1 fully saturated rings. The fourth-order valence-corrected chi connectivity index (χ4v) is 2.89. The van der Waals surface area contributed by atoms with Crippen LogP contribution in [0, 0.1) is 0 Å². The van der Waals surface area contributed by atoms with E-state index in [1.165, 1.54) is 0 Å². The second-order valence-electron chi connectivity index (χ2n) is 7.17. The number of alkyl halides is 3. The molecule has 0 bridgehead atoms. The summed E-state index contributed by atoms with van der Waals surface area (Å²) in [5, 5.41) is 12.1. The number of anilines is 1. The van der Waals surface area contributed by atoms with Crippen LogP contribution in [0.4, 0.5) is 15.3 Å². The minimum atomic E-state index is -1.71. The van der Waals surface area contributed by atoms with Gasteiger partial charge in [-0.2, -0.15) is 0 Å². The molecule has 0 spiro atoms. The minimum Gasteiger partial charge on any atom is -0.465 e. The van der Waals surface area contributed by atoms with Gasteiger partial charge in [-0.1, -0.05) is 46.9 Å². The molecule has 0 aliphatic heterocycles. The van der Waals surface area contributed by atoms with Crippen molar-refractivity contribution >= 4 is 52.7 Å². The molecule has 1 aromatic carbocycles. The first kappa shape index (κ1) is 20.9. The third kappa shape index (κ3) is 6.41. The highest BCUT2D eigenvalue weighted by Crippen LogP contribution is 2.41. The molecule has 1 aromatic rings. The van der Waals surface area contributed by atoms with Crippen molar-refractivity contribution in [3.05, 3.63) is 29.8 Å². The van der Waals surface area contributed by atoms with Gasteiger partial charge in [-0.15, -0.1) is 0 Å². The van der Waals surface area contributed by atoms with Gasteiger partial charge in [0.2, 0.25) is 3.79 Å². The number of rotatable bonds is 4. The number of carbonyl (C=O) groups excluding carboxylic acids is 1. The molecule has 0 saturated heterocycles. The van der Waals surface area contributed by atoms with Gasteiger partial charge in [0.05, 0.1) is 6.54 Å². The van der Waals surface area contributed by atoms with Crippen LogP contribution >= 0.6 is 34.8 Å². The summed E-state index contributed by atoms with van der Waals surface area (Å²) in [6.45, 7) is 5.14. The summed E-state index contributed by atoms with van der Waals surface area (Å²) in [4.78, 5) is 24.2. The zero-order valence-corrected chi connectivity index (χ0v) is 16.9. The van der Waals surface area contributed by atoms with Crippen LogP contribution in [0.25, 0.3) is 0 Å². The van der Waals surface area contributed by atoms with Gasteiger partial charge in [0, 0.05) is 17.6 Å². The summed E-state index contributed by atoms with van der Waals surface area (Å²) in [7, 11) is 0. The van der Waals surface area contributed by atoms with Gasteiger partial charge in [0.25, 0.3) is 0 Å². The van der Waals surface area contributed by atoms with Gasteiger partial charge >= 0.3 is 12.2 Å². The molecule has 1 saturated carbocycles. The number of hydrogen-bond acceptors (Lipinski definition) is 3. The number of ether oxygens (including phenoxy) is 1. The van der Waals surface area contributed by atoms with Gasteiger partial charge < -0.3 is 15.2 Å². The Labute approximate surface area is 167 Å². The van der Waals surface area contributed by atoms with Crippen LogP contribution in [0.5, 0.6) is 0 Å². The average molecular weight is 424 g/mol. The molecule has 0 heterocycles. The van der Waals surface area contributed by atoms with Crippen LogP contribution in [0.3, 0.4) is 0 Å². The lowest BCUT2D eigenvalue weighted by Crippen LogP contribution is -2.36. The number of hydrogen-bond donors (Lipinski definition) is 2. The summed E-state index contributed by atoms with van der Waals surface area (Å²) in [5.74, 6) is 0.169. The number of halogens is 3. The molecule has 0 aromatic heterocycles. The normalized spacial score (nSPS) is 19.6. The van der Waals surface area contributed by atoms with Crippen molar-refractivity contribution in [2.24, 2.45) is 0 Å². The second-order valence-corrected chi connectivity index (χ2v) is 9.69. The van der Waals surface area contributed by atoms with Crippen molar-refractivity contribution in [2.45, 2.75) is 48.5 Å². The SMILES string of the molecule is CC(C)(C)OC(=O)NC1CC1c1ccc(N(CC(Cl)(Cl)Cl)C(=O)O)cc1. The molecular formula is C17H21Cl3N2O4. The first-order valence-electron chi connectivity index (χ1n) is 8.02.